The summed E-state index contributed by atoms with van der Waals surface area (Å²) in [4.78, 5) is 24.1. The predicted octanol–water partition coefficient (Wildman–Crippen LogP) is 1.30. The number of carboxylic acids is 1. The van der Waals surface area contributed by atoms with Crippen LogP contribution in [0.5, 0.6) is 0 Å². The molecule has 2 N–H and O–H groups in total. The minimum atomic E-state index is -1.03. The smallest absolute Gasteiger partial charge is 0.337 e. The van der Waals surface area contributed by atoms with Crippen LogP contribution in [0.1, 0.15) is 17.3 Å². The van der Waals surface area contributed by atoms with E-state index in [-0.39, 0.29) is 17.6 Å². The van der Waals surface area contributed by atoms with Crippen molar-refractivity contribution in [1.29, 1.82) is 0 Å². The number of urea groups is 1. The molecule has 1 unspecified atom stereocenters. The van der Waals surface area contributed by atoms with E-state index < -0.39 is 5.97 Å². The second-order valence-electron chi connectivity index (χ2n) is 3.73. The Hall–Kier alpha value is -2.04. The molecular weight excluding hydrogens is 208 g/mol. The van der Waals surface area contributed by atoms with E-state index in [1.807, 2.05) is 6.92 Å². The Morgan fingerprint density at radius 3 is 2.75 bits per heavy atom. The van der Waals surface area contributed by atoms with Gasteiger partial charge in [-0.15, -0.1) is 0 Å². The number of carboxylic acid groups (broad SMARTS) is 1. The van der Waals surface area contributed by atoms with Crippen molar-refractivity contribution in [3.05, 3.63) is 29.8 Å². The van der Waals surface area contributed by atoms with Gasteiger partial charge in [0.1, 0.15) is 0 Å². The quantitative estimate of drug-likeness (QED) is 0.789. The molecular formula is C11H12N2O3. The summed E-state index contributed by atoms with van der Waals surface area (Å²) < 4.78 is 0. The first-order chi connectivity index (χ1) is 7.61. The zero-order chi connectivity index (χ0) is 11.7. The maximum Gasteiger partial charge on any atom is 0.337 e. The molecule has 1 heterocycles. The van der Waals surface area contributed by atoms with Gasteiger partial charge in [0.15, 0.2) is 0 Å². The van der Waals surface area contributed by atoms with Gasteiger partial charge in [0, 0.05) is 6.54 Å². The fourth-order valence-corrected chi connectivity index (χ4v) is 1.82. The Labute approximate surface area is 92.7 Å². The standard InChI is InChI=1S/C11H12N2O3/c1-7-6-12-11(16)13(7)9-5-3-2-4-8(9)10(14)15/h2-5,7H,6H2,1H3,(H,12,16)(H,14,15). The van der Waals surface area contributed by atoms with Crippen LogP contribution in [0, 0.1) is 0 Å². The van der Waals surface area contributed by atoms with E-state index in [1.165, 1.54) is 11.0 Å². The number of carbonyl (C=O) groups excluding carboxylic acids is 1. The molecule has 0 spiro atoms. The van der Waals surface area contributed by atoms with Crippen molar-refractivity contribution in [3.8, 4) is 0 Å². The highest BCUT2D eigenvalue weighted by molar-refractivity contribution is 6.02. The highest BCUT2D eigenvalue weighted by Gasteiger charge is 2.30. The average Bonchev–Trinajstić information content (AvgIpc) is 2.58. The van der Waals surface area contributed by atoms with Crippen LogP contribution in [0.4, 0.5) is 10.5 Å². The van der Waals surface area contributed by atoms with Crippen LogP contribution < -0.4 is 10.2 Å². The van der Waals surface area contributed by atoms with Crippen LogP contribution >= 0.6 is 0 Å². The van der Waals surface area contributed by atoms with Gasteiger partial charge in [-0.1, -0.05) is 12.1 Å². The highest BCUT2D eigenvalue weighted by Crippen LogP contribution is 2.24. The van der Waals surface area contributed by atoms with Gasteiger partial charge in [0.25, 0.3) is 0 Å². The molecule has 1 atom stereocenters. The number of carbonyl (C=O) groups is 2. The number of benzene rings is 1. The maximum absolute atomic E-state index is 11.6. The maximum atomic E-state index is 11.6. The lowest BCUT2D eigenvalue weighted by molar-refractivity contribution is 0.0697. The first-order valence-corrected chi connectivity index (χ1v) is 5.00. The molecule has 1 aromatic rings. The van der Waals surface area contributed by atoms with Crippen molar-refractivity contribution in [2.75, 3.05) is 11.4 Å². The molecule has 0 bridgehead atoms. The zero-order valence-corrected chi connectivity index (χ0v) is 8.80. The molecule has 2 amide bonds. The number of nitrogens with one attached hydrogen (secondary N) is 1. The summed E-state index contributed by atoms with van der Waals surface area (Å²) in [5.74, 6) is -1.03. The zero-order valence-electron chi connectivity index (χ0n) is 8.80. The van der Waals surface area contributed by atoms with Crippen molar-refractivity contribution in [2.24, 2.45) is 0 Å². The first kappa shape index (κ1) is 10.5. The lowest BCUT2D eigenvalue weighted by Crippen LogP contribution is -2.33. The predicted molar refractivity (Wildman–Crippen MR) is 58.7 cm³/mol. The molecule has 0 radical (unpaired) electrons. The molecule has 1 saturated heterocycles. The van der Waals surface area contributed by atoms with Crippen LogP contribution in [0.25, 0.3) is 0 Å². The van der Waals surface area contributed by atoms with Gasteiger partial charge in [-0.05, 0) is 19.1 Å². The lowest BCUT2D eigenvalue weighted by Gasteiger charge is -2.21. The Kier molecular flexibility index (Phi) is 2.52. The van der Waals surface area contributed by atoms with E-state index in [0.29, 0.717) is 12.2 Å². The van der Waals surface area contributed by atoms with Crippen LogP contribution in [-0.2, 0) is 0 Å². The minimum Gasteiger partial charge on any atom is -0.478 e. The Morgan fingerprint density at radius 1 is 1.50 bits per heavy atom. The van der Waals surface area contributed by atoms with Gasteiger partial charge in [0.2, 0.25) is 0 Å². The van der Waals surface area contributed by atoms with E-state index in [4.69, 9.17) is 5.11 Å². The average molecular weight is 220 g/mol. The fourth-order valence-electron chi connectivity index (χ4n) is 1.82. The number of hydrogen-bond donors (Lipinski definition) is 2. The SMILES string of the molecule is CC1CNC(=O)N1c1ccccc1C(=O)O. The molecule has 5 heteroatoms. The Balaban J connectivity index is 2.47. The molecule has 1 aliphatic heterocycles. The first-order valence-electron chi connectivity index (χ1n) is 5.00. The molecule has 1 fully saturated rings. The highest BCUT2D eigenvalue weighted by atomic mass is 16.4. The van der Waals surface area contributed by atoms with Crippen LogP contribution in [0.2, 0.25) is 0 Å². The minimum absolute atomic E-state index is 0.0343. The van der Waals surface area contributed by atoms with Gasteiger partial charge >= 0.3 is 12.0 Å². The topological polar surface area (TPSA) is 69.6 Å². The van der Waals surface area contributed by atoms with Crippen LogP contribution in [0.15, 0.2) is 24.3 Å². The largest absolute Gasteiger partial charge is 0.478 e. The molecule has 1 aromatic carbocycles. The second-order valence-corrected chi connectivity index (χ2v) is 3.73. The third-order valence-electron chi connectivity index (χ3n) is 2.60. The summed E-state index contributed by atoms with van der Waals surface area (Å²) >= 11 is 0. The summed E-state index contributed by atoms with van der Waals surface area (Å²) in [7, 11) is 0. The van der Waals surface area contributed by atoms with Gasteiger partial charge in [-0.3, -0.25) is 4.90 Å². The molecule has 0 aliphatic carbocycles. The van der Waals surface area contributed by atoms with Crippen molar-refractivity contribution in [1.82, 2.24) is 5.32 Å². The molecule has 5 nitrogen and oxygen atoms in total. The van der Waals surface area contributed by atoms with Gasteiger partial charge in [0.05, 0.1) is 17.3 Å². The second kappa shape index (κ2) is 3.84. The van der Waals surface area contributed by atoms with E-state index in [2.05, 4.69) is 5.32 Å². The van der Waals surface area contributed by atoms with E-state index in [0.717, 1.165) is 0 Å². The van der Waals surface area contributed by atoms with Gasteiger partial charge in [-0.2, -0.15) is 0 Å². The van der Waals surface area contributed by atoms with Crippen molar-refractivity contribution >= 4 is 17.7 Å². The molecule has 16 heavy (non-hydrogen) atoms. The number of para-hydroxylation sites is 1. The van der Waals surface area contributed by atoms with Crippen molar-refractivity contribution in [2.45, 2.75) is 13.0 Å². The van der Waals surface area contributed by atoms with Crippen LogP contribution in [0.3, 0.4) is 0 Å². The summed E-state index contributed by atoms with van der Waals surface area (Å²) in [6, 6.07) is 6.22. The van der Waals surface area contributed by atoms with Gasteiger partial charge in [-0.25, -0.2) is 9.59 Å². The number of amides is 2. The number of nitrogens with zero attached hydrogens (tertiary/aromatic N) is 1. The number of aromatic carboxylic acids is 1. The molecule has 2 rings (SSSR count). The number of anilines is 1. The summed E-state index contributed by atoms with van der Waals surface area (Å²) in [6.45, 7) is 2.41. The summed E-state index contributed by atoms with van der Waals surface area (Å²) in [5.41, 5.74) is 0.587. The summed E-state index contributed by atoms with van der Waals surface area (Å²) in [6.07, 6.45) is 0. The monoisotopic (exact) mass is 220 g/mol. The summed E-state index contributed by atoms with van der Waals surface area (Å²) in [5, 5.41) is 11.7. The van der Waals surface area contributed by atoms with E-state index in [9.17, 15) is 9.59 Å². The Bertz CT molecular complexity index is 445. The third kappa shape index (κ3) is 1.60. The van der Waals surface area contributed by atoms with E-state index >= 15 is 0 Å². The number of rotatable bonds is 2. The molecule has 1 aliphatic rings. The van der Waals surface area contributed by atoms with Crippen molar-refractivity contribution < 1.29 is 14.7 Å². The third-order valence-corrected chi connectivity index (χ3v) is 2.60. The lowest BCUT2D eigenvalue weighted by atomic mass is 10.1. The van der Waals surface area contributed by atoms with E-state index in [1.54, 1.807) is 18.2 Å². The molecule has 84 valence electrons. The van der Waals surface area contributed by atoms with Gasteiger partial charge < -0.3 is 10.4 Å². The van der Waals surface area contributed by atoms with Crippen molar-refractivity contribution in [3.63, 3.8) is 0 Å². The normalized spacial score (nSPS) is 19.7. The fraction of sp³-hybridized carbons (Fsp3) is 0.273. The molecule has 0 aromatic heterocycles. The number of hydrogen-bond acceptors (Lipinski definition) is 2. The molecule has 0 saturated carbocycles. The Morgan fingerprint density at radius 2 is 2.19 bits per heavy atom. The van der Waals surface area contributed by atoms with Crippen LogP contribution in [-0.4, -0.2) is 29.7 Å².